The van der Waals surface area contributed by atoms with Gasteiger partial charge in [0.25, 0.3) is 0 Å². The number of primary amides is 1. The van der Waals surface area contributed by atoms with Crippen molar-refractivity contribution in [3.05, 3.63) is 59.0 Å². The lowest BCUT2D eigenvalue weighted by atomic mass is 10.1. The van der Waals surface area contributed by atoms with Crippen molar-refractivity contribution in [3.8, 4) is 0 Å². The molecule has 2 aromatic rings. The maximum atomic E-state index is 12.3. The van der Waals surface area contributed by atoms with Gasteiger partial charge in [0.05, 0.1) is 0 Å². The van der Waals surface area contributed by atoms with Crippen LogP contribution in [-0.2, 0) is 17.8 Å². The molecular weight excluding hydrogens is 316 g/mol. The summed E-state index contributed by atoms with van der Waals surface area (Å²) in [6.07, 6.45) is 2.23. The third kappa shape index (κ3) is 4.29. The number of hydrogen-bond acceptors (Lipinski definition) is 3. The van der Waals surface area contributed by atoms with E-state index in [9.17, 15) is 9.59 Å². The van der Waals surface area contributed by atoms with Crippen molar-refractivity contribution < 1.29 is 14.0 Å². The maximum absolute atomic E-state index is 12.3. The van der Waals surface area contributed by atoms with Crippen LogP contribution in [0.25, 0.3) is 0 Å². The number of benzene rings is 1. The molecule has 25 heavy (non-hydrogen) atoms. The van der Waals surface area contributed by atoms with Crippen LogP contribution in [-0.4, -0.2) is 23.8 Å². The smallest absolute Gasteiger partial charge is 0.248 e. The monoisotopic (exact) mass is 340 g/mol. The predicted molar refractivity (Wildman–Crippen MR) is 95.0 cm³/mol. The summed E-state index contributed by atoms with van der Waals surface area (Å²) in [6, 6.07) is 11.0. The van der Waals surface area contributed by atoms with Crippen molar-refractivity contribution in [2.24, 2.45) is 11.7 Å². The molecule has 0 aliphatic heterocycles. The zero-order valence-corrected chi connectivity index (χ0v) is 14.7. The van der Waals surface area contributed by atoms with Crippen molar-refractivity contribution in [3.63, 3.8) is 0 Å². The second-order valence-electron chi connectivity index (χ2n) is 6.93. The predicted octanol–water partition coefficient (Wildman–Crippen LogP) is 3.09. The highest BCUT2D eigenvalue weighted by molar-refractivity contribution is 5.92. The van der Waals surface area contributed by atoms with Gasteiger partial charge in [0.1, 0.15) is 11.5 Å². The number of nitrogens with zero attached hydrogens (tertiary/aromatic N) is 1. The molecule has 0 saturated heterocycles. The Morgan fingerprint density at radius 1 is 1.20 bits per heavy atom. The molecule has 3 rings (SSSR count). The van der Waals surface area contributed by atoms with Crippen LogP contribution >= 0.6 is 0 Å². The molecule has 0 bridgehead atoms. The van der Waals surface area contributed by atoms with Gasteiger partial charge < -0.3 is 15.1 Å². The van der Waals surface area contributed by atoms with Gasteiger partial charge in [-0.15, -0.1) is 0 Å². The molecule has 2 unspecified atom stereocenters. The van der Waals surface area contributed by atoms with E-state index in [1.54, 1.807) is 24.1 Å². The minimum Gasteiger partial charge on any atom is -0.466 e. The number of carbonyl (C=O) groups is 2. The average molecular weight is 340 g/mol. The first-order chi connectivity index (χ1) is 11.9. The van der Waals surface area contributed by atoms with Crippen molar-refractivity contribution in [2.75, 3.05) is 7.05 Å². The fraction of sp³-hybridized carbons (Fsp3) is 0.400. The van der Waals surface area contributed by atoms with Crippen molar-refractivity contribution >= 4 is 11.8 Å². The maximum Gasteiger partial charge on any atom is 0.248 e. The molecule has 1 aromatic carbocycles. The summed E-state index contributed by atoms with van der Waals surface area (Å²) < 4.78 is 5.85. The summed E-state index contributed by atoms with van der Waals surface area (Å²) in [5, 5.41) is 0. The molecule has 0 radical (unpaired) electrons. The highest BCUT2D eigenvalue weighted by Gasteiger charge is 2.36. The van der Waals surface area contributed by atoms with Gasteiger partial charge >= 0.3 is 0 Å². The largest absolute Gasteiger partial charge is 0.466 e. The molecule has 2 N–H and O–H groups in total. The normalized spacial score (nSPS) is 18.8. The molecule has 1 saturated carbocycles. The second kappa shape index (κ2) is 7.13. The van der Waals surface area contributed by atoms with E-state index in [-0.39, 0.29) is 5.91 Å². The van der Waals surface area contributed by atoms with Gasteiger partial charge in [-0.3, -0.25) is 9.59 Å². The molecule has 2 amide bonds. The van der Waals surface area contributed by atoms with Crippen LogP contribution in [0.15, 0.2) is 40.8 Å². The van der Waals surface area contributed by atoms with Gasteiger partial charge in [-0.25, -0.2) is 0 Å². The van der Waals surface area contributed by atoms with Crippen LogP contribution in [0.3, 0.4) is 0 Å². The van der Waals surface area contributed by atoms with E-state index in [4.69, 9.17) is 10.2 Å². The lowest BCUT2D eigenvalue weighted by Gasteiger charge is -2.17. The summed E-state index contributed by atoms with van der Waals surface area (Å²) in [7, 11) is 1.78. The third-order valence-electron chi connectivity index (χ3n) is 4.83. The van der Waals surface area contributed by atoms with Gasteiger partial charge in [-0.05, 0) is 42.2 Å². The Labute approximate surface area is 147 Å². The standard InChI is InChI=1S/C20H24N2O3/c1-13-11-17(13)18-9-7-16(25-18)8-10-19(23)22(2)12-14-3-5-15(6-4-14)20(21)24/h3-7,9,13,17H,8,10-12H2,1-2H3,(H2,21,24). The number of nitrogens with two attached hydrogens (primary N) is 1. The summed E-state index contributed by atoms with van der Waals surface area (Å²) in [5.74, 6) is 2.83. The lowest BCUT2D eigenvalue weighted by molar-refractivity contribution is -0.130. The molecule has 5 heteroatoms. The summed E-state index contributed by atoms with van der Waals surface area (Å²) in [4.78, 5) is 25.1. The van der Waals surface area contributed by atoms with Gasteiger partial charge in [-0.2, -0.15) is 0 Å². The topological polar surface area (TPSA) is 76.5 Å². The van der Waals surface area contributed by atoms with Gasteiger partial charge in [0, 0.05) is 37.9 Å². The van der Waals surface area contributed by atoms with E-state index in [2.05, 4.69) is 6.92 Å². The average Bonchev–Trinajstić information content (AvgIpc) is 3.14. The number of aryl methyl sites for hydroxylation is 1. The Bertz CT molecular complexity index is 764. The summed E-state index contributed by atoms with van der Waals surface area (Å²) in [5.41, 5.74) is 6.66. The van der Waals surface area contributed by atoms with E-state index in [0.717, 1.165) is 17.1 Å². The Morgan fingerprint density at radius 2 is 1.88 bits per heavy atom. The van der Waals surface area contributed by atoms with Crippen LogP contribution in [0.4, 0.5) is 0 Å². The van der Waals surface area contributed by atoms with E-state index in [1.807, 2.05) is 24.3 Å². The molecule has 0 spiro atoms. The molecule has 1 heterocycles. The van der Waals surface area contributed by atoms with Crippen molar-refractivity contribution in [1.29, 1.82) is 0 Å². The lowest BCUT2D eigenvalue weighted by Crippen LogP contribution is -2.26. The van der Waals surface area contributed by atoms with Crippen LogP contribution in [0, 0.1) is 5.92 Å². The first kappa shape index (κ1) is 17.3. The Balaban J connectivity index is 1.48. The van der Waals surface area contributed by atoms with Crippen LogP contribution in [0.1, 0.15) is 53.1 Å². The third-order valence-corrected chi connectivity index (χ3v) is 4.83. The molecule has 1 aliphatic carbocycles. The minimum atomic E-state index is -0.450. The van der Waals surface area contributed by atoms with E-state index < -0.39 is 5.91 Å². The zero-order valence-electron chi connectivity index (χ0n) is 14.7. The molecule has 132 valence electrons. The number of rotatable bonds is 7. The fourth-order valence-electron chi connectivity index (χ4n) is 3.00. The summed E-state index contributed by atoms with van der Waals surface area (Å²) in [6.45, 7) is 2.72. The molecular formula is C20H24N2O3. The molecule has 1 aromatic heterocycles. The van der Waals surface area contributed by atoms with Crippen LogP contribution < -0.4 is 5.73 Å². The molecule has 1 aliphatic rings. The Morgan fingerprint density at radius 3 is 2.48 bits per heavy atom. The second-order valence-corrected chi connectivity index (χ2v) is 6.93. The van der Waals surface area contributed by atoms with Crippen molar-refractivity contribution in [2.45, 2.75) is 38.6 Å². The zero-order chi connectivity index (χ0) is 18.0. The van der Waals surface area contributed by atoms with E-state index in [0.29, 0.717) is 36.8 Å². The number of furan rings is 1. The fourth-order valence-corrected chi connectivity index (χ4v) is 3.00. The minimum absolute atomic E-state index is 0.0664. The summed E-state index contributed by atoms with van der Waals surface area (Å²) >= 11 is 0. The molecule has 1 fully saturated rings. The Kier molecular flexibility index (Phi) is 4.93. The number of amides is 2. The van der Waals surface area contributed by atoms with E-state index >= 15 is 0 Å². The number of hydrogen-bond donors (Lipinski definition) is 1. The van der Waals surface area contributed by atoms with Gasteiger partial charge in [0.2, 0.25) is 11.8 Å². The van der Waals surface area contributed by atoms with Crippen LogP contribution in [0.5, 0.6) is 0 Å². The highest BCUT2D eigenvalue weighted by atomic mass is 16.3. The SMILES string of the molecule is CC1CC1c1ccc(CCC(=O)N(C)Cc2ccc(C(N)=O)cc2)o1. The highest BCUT2D eigenvalue weighted by Crippen LogP contribution is 2.47. The van der Waals surface area contributed by atoms with Crippen LogP contribution in [0.2, 0.25) is 0 Å². The van der Waals surface area contributed by atoms with Gasteiger partial charge in [-0.1, -0.05) is 19.1 Å². The molecule has 2 atom stereocenters. The van der Waals surface area contributed by atoms with Gasteiger partial charge in [0.15, 0.2) is 0 Å². The quantitative estimate of drug-likeness (QED) is 0.841. The Hall–Kier alpha value is -2.56. The molecule has 5 nitrogen and oxygen atoms in total. The first-order valence-corrected chi connectivity index (χ1v) is 8.65. The van der Waals surface area contributed by atoms with E-state index in [1.165, 1.54) is 6.42 Å². The van der Waals surface area contributed by atoms with Crippen molar-refractivity contribution in [1.82, 2.24) is 4.90 Å². The first-order valence-electron chi connectivity index (χ1n) is 8.65. The number of carbonyl (C=O) groups excluding carboxylic acids is 2.